The van der Waals surface area contributed by atoms with Gasteiger partial charge in [-0.2, -0.15) is 0 Å². The molecule has 1 heterocycles. The molecule has 2 aromatic carbocycles. The van der Waals surface area contributed by atoms with E-state index in [1.54, 1.807) is 12.1 Å². The minimum atomic E-state index is 0.0352. The summed E-state index contributed by atoms with van der Waals surface area (Å²) in [7, 11) is 0. The minimum absolute atomic E-state index is 0.0352. The Balaban J connectivity index is 1.37. The summed E-state index contributed by atoms with van der Waals surface area (Å²) in [5, 5.41) is 12.6. The van der Waals surface area contributed by atoms with Crippen LogP contribution in [0.4, 0.5) is 0 Å². The van der Waals surface area contributed by atoms with Gasteiger partial charge >= 0.3 is 0 Å². The van der Waals surface area contributed by atoms with E-state index in [-0.39, 0.29) is 11.7 Å². The lowest BCUT2D eigenvalue weighted by molar-refractivity contribution is -0.121. The zero-order valence-electron chi connectivity index (χ0n) is 14.2. The lowest BCUT2D eigenvalue weighted by Gasteiger charge is -2.18. The van der Waals surface area contributed by atoms with Gasteiger partial charge in [0.05, 0.1) is 0 Å². The molecule has 0 unspecified atom stereocenters. The first-order chi connectivity index (χ1) is 12.2. The summed E-state index contributed by atoms with van der Waals surface area (Å²) < 4.78 is 11.1. The third kappa shape index (κ3) is 4.89. The summed E-state index contributed by atoms with van der Waals surface area (Å²) in [6.07, 6.45) is 2.71. The summed E-state index contributed by atoms with van der Waals surface area (Å²) in [5.74, 6) is 1.89. The molecule has 1 amide bonds. The predicted octanol–water partition coefficient (Wildman–Crippen LogP) is 2.85. The Morgan fingerprint density at radius 2 is 1.84 bits per heavy atom. The highest BCUT2D eigenvalue weighted by molar-refractivity contribution is 5.75. The molecule has 1 aliphatic heterocycles. The third-order valence-corrected chi connectivity index (χ3v) is 4.18. The van der Waals surface area contributed by atoms with Crippen LogP contribution in [0.25, 0.3) is 0 Å². The summed E-state index contributed by atoms with van der Waals surface area (Å²) in [6.45, 7) is 1.70. The van der Waals surface area contributed by atoms with Crippen LogP contribution in [0.15, 0.2) is 42.5 Å². The molecule has 3 rings (SSSR count). The van der Waals surface area contributed by atoms with Crippen molar-refractivity contribution in [3.63, 3.8) is 0 Å². The molecular weight excluding hydrogens is 318 g/mol. The van der Waals surface area contributed by atoms with Crippen molar-refractivity contribution in [1.82, 2.24) is 5.32 Å². The number of aryl methyl sites for hydroxylation is 1. The Bertz CT molecular complexity index is 729. The van der Waals surface area contributed by atoms with E-state index >= 15 is 0 Å². The smallest absolute Gasteiger partial charge is 0.220 e. The molecule has 0 atom stereocenters. The van der Waals surface area contributed by atoms with Gasteiger partial charge in [0.15, 0.2) is 11.5 Å². The molecule has 0 radical (unpaired) electrons. The number of fused-ring (bicyclic) bond motifs is 1. The maximum atomic E-state index is 11.9. The normalized spacial score (nSPS) is 12.6. The van der Waals surface area contributed by atoms with Crippen LogP contribution in [0.1, 0.15) is 24.0 Å². The van der Waals surface area contributed by atoms with E-state index in [9.17, 15) is 9.90 Å². The Hall–Kier alpha value is -2.69. The van der Waals surface area contributed by atoms with Crippen LogP contribution in [0.3, 0.4) is 0 Å². The van der Waals surface area contributed by atoms with Gasteiger partial charge in [0, 0.05) is 13.0 Å². The van der Waals surface area contributed by atoms with Crippen molar-refractivity contribution in [2.45, 2.75) is 25.7 Å². The predicted molar refractivity (Wildman–Crippen MR) is 95.2 cm³/mol. The number of phenolic OH excluding ortho intramolecular Hbond substituents is 1. The molecule has 5 heteroatoms. The van der Waals surface area contributed by atoms with Crippen LogP contribution in [0.2, 0.25) is 0 Å². The number of aromatic hydroxyl groups is 1. The van der Waals surface area contributed by atoms with Gasteiger partial charge < -0.3 is 19.9 Å². The molecule has 1 aliphatic rings. The number of phenols is 1. The van der Waals surface area contributed by atoms with Crippen molar-refractivity contribution < 1.29 is 19.4 Å². The standard InChI is InChI=1S/C20H23NO4/c22-17-6-2-1-5-16(17)10-11-21-20(23)7-3-4-15-8-9-18-19(14-15)25-13-12-24-18/h1-2,5-6,8-9,14,22H,3-4,7,10-13H2,(H,21,23). The van der Waals surface area contributed by atoms with Crippen LogP contribution in [0, 0.1) is 0 Å². The van der Waals surface area contributed by atoms with Crippen molar-refractivity contribution in [2.24, 2.45) is 0 Å². The molecule has 5 nitrogen and oxygen atoms in total. The molecule has 25 heavy (non-hydrogen) atoms. The van der Waals surface area contributed by atoms with Crippen LogP contribution < -0.4 is 14.8 Å². The van der Waals surface area contributed by atoms with Gasteiger partial charge in [0.1, 0.15) is 19.0 Å². The topological polar surface area (TPSA) is 67.8 Å². The number of hydrogen-bond donors (Lipinski definition) is 2. The molecule has 132 valence electrons. The highest BCUT2D eigenvalue weighted by Gasteiger charge is 2.11. The zero-order valence-corrected chi connectivity index (χ0v) is 14.2. The van der Waals surface area contributed by atoms with Gasteiger partial charge in [-0.05, 0) is 48.6 Å². The number of amides is 1. The first-order valence-electron chi connectivity index (χ1n) is 8.64. The second-order valence-corrected chi connectivity index (χ2v) is 6.06. The maximum Gasteiger partial charge on any atom is 0.220 e. The SMILES string of the molecule is O=C(CCCc1ccc2c(c1)OCCO2)NCCc1ccccc1O. The van der Waals surface area contributed by atoms with Gasteiger partial charge in [-0.15, -0.1) is 0 Å². The number of ether oxygens (including phenoxy) is 2. The molecule has 0 bridgehead atoms. The van der Waals surface area contributed by atoms with E-state index in [1.165, 1.54) is 0 Å². The molecular formula is C20H23NO4. The Morgan fingerprint density at radius 3 is 2.68 bits per heavy atom. The van der Waals surface area contributed by atoms with Crippen molar-refractivity contribution >= 4 is 5.91 Å². The molecule has 2 aromatic rings. The first kappa shape index (κ1) is 17.1. The minimum Gasteiger partial charge on any atom is -0.508 e. The quantitative estimate of drug-likeness (QED) is 0.813. The first-order valence-corrected chi connectivity index (χ1v) is 8.64. The summed E-state index contributed by atoms with van der Waals surface area (Å²) in [5.41, 5.74) is 1.99. The van der Waals surface area contributed by atoms with Crippen LogP contribution >= 0.6 is 0 Å². The fourth-order valence-corrected chi connectivity index (χ4v) is 2.84. The molecule has 0 aromatic heterocycles. The molecule has 0 spiro atoms. The van der Waals surface area contributed by atoms with Crippen molar-refractivity contribution in [2.75, 3.05) is 19.8 Å². The number of carbonyl (C=O) groups is 1. The molecule has 0 aliphatic carbocycles. The molecule has 0 saturated carbocycles. The molecule has 0 fully saturated rings. The van der Waals surface area contributed by atoms with Crippen LogP contribution in [0.5, 0.6) is 17.2 Å². The number of nitrogens with one attached hydrogen (secondary N) is 1. The van der Waals surface area contributed by atoms with Gasteiger partial charge in [-0.3, -0.25) is 4.79 Å². The third-order valence-electron chi connectivity index (χ3n) is 4.18. The largest absolute Gasteiger partial charge is 0.508 e. The average molecular weight is 341 g/mol. The lowest BCUT2D eigenvalue weighted by Crippen LogP contribution is -2.25. The summed E-state index contributed by atoms with van der Waals surface area (Å²) in [6, 6.07) is 13.1. The van der Waals surface area contributed by atoms with E-state index in [1.807, 2.05) is 30.3 Å². The van der Waals surface area contributed by atoms with E-state index < -0.39 is 0 Å². The summed E-state index contributed by atoms with van der Waals surface area (Å²) >= 11 is 0. The van der Waals surface area contributed by atoms with E-state index in [4.69, 9.17) is 9.47 Å². The number of para-hydroxylation sites is 1. The molecule has 2 N–H and O–H groups in total. The average Bonchev–Trinajstić information content (AvgIpc) is 2.63. The lowest BCUT2D eigenvalue weighted by atomic mass is 10.1. The number of benzene rings is 2. The fourth-order valence-electron chi connectivity index (χ4n) is 2.84. The zero-order chi connectivity index (χ0) is 17.5. The van der Waals surface area contributed by atoms with Gasteiger partial charge in [0.2, 0.25) is 5.91 Å². The van der Waals surface area contributed by atoms with Crippen LogP contribution in [-0.4, -0.2) is 30.8 Å². The highest BCUT2D eigenvalue weighted by Crippen LogP contribution is 2.31. The van der Waals surface area contributed by atoms with E-state index in [2.05, 4.69) is 5.32 Å². The van der Waals surface area contributed by atoms with E-state index in [0.29, 0.717) is 32.6 Å². The van der Waals surface area contributed by atoms with Crippen molar-refractivity contribution in [3.05, 3.63) is 53.6 Å². The van der Waals surface area contributed by atoms with Crippen molar-refractivity contribution in [3.8, 4) is 17.2 Å². The second-order valence-electron chi connectivity index (χ2n) is 6.06. The molecule has 0 saturated heterocycles. The Morgan fingerprint density at radius 1 is 1.04 bits per heavy atom. The number of rotatable bonds is 7. The van der Waals surface area contributed by atoms with Gasteiger partial charge in [-0.1, -0.05) is 24.3 Å². The number of hydrogen-bond acceptors (Lipinski definition) is 4. The Labute approximate surface area is 147 Å². The van der Waals surface area contributed by atoms with Crippen molar-refractivity contribution in [1.29, 1.82) is 0 Å². The number of carbonyl (C=O) groups excluding carboxylic acids is 1. The monoisotopic (exact) mass is 341 g/mol. The fraction of sp³-hybridized carbons (Fsp3) is 0.350. The maximum absolute atomic E-state index is 11.9. The Kier molecular flexibility index (Phi) is 5.77. The van der Waals surface area contributed by atoms with Gasteiger partial charge in [0.25, 0.3) is 0 Å². The second kappa shape index (κ2) is 8.42. The van der Waals surface area contributed by atoms with E-state index in [0.717, 1.165) is 35.5 Å². The summed E-state index contributed by atoms with van der Waals surface area (Å²) in [4.78, 5) is 11.9. The van der Waals surface area contributed by atoms with Crippen LogP contribution in [-0.2, 0) is 17.6 Å². The van der Waals surface area contributed by atoms with Gasteiger partial charge in [-0.25, -0.2) is 0 Å². The highest BCUT2D eigenvalue weighted by atomic mass is 16.6.